The molecule has 0 aliphatic rings. The van der Waals surface area contributed by atoms with Crippen molar-refractivity contribution in [3.63, 3.8) is 0 Å². The predicted molar refractivity (Wildman–Crippen MR) is 52.1 cm³/mol. The van der Waals surface area contributed by atoms with Crippen LogP contribution in [0, 0.1) is 6.92 Å². The van der Waals surface area contributed by atoms with Crippen molar-refractivity contribution in [2.75, 3.05) is 6.26 Å². The molecule has 0 fully saturated rings. The summed E-state index contributed by atoms with van der Waals surface area (Å²) in [6, 6.07) is 0. The number of sulfone groups is 1. The third kappa shape index (κ3) is 2.71. The van der Waals surface area contributed by atoms with Crippen molar-refractivity contribution in [2.45, 2.75) is 17.0 Å². The van der Waals surface area contributed by atoms with Gasteiger partial charge in [-0.1, -0.05) is 11.6 Å². The second kappa shape index (κ2) is 4.12. The summed E-state index contributed by atoms with van der Waals surface area (Å²) in [4.78, 5) is 6.66. The summed E-state index contributed by atoms with van der Waals surface area (Å²) >= 11 is 2.94. The van der Waals surface area contributed by atoms with Crippen LogP contribution in [0.3, 0.4) is 0 Å². The molecule has 0 radical (unpaired) electrons. The van der Waals surface area contributed by atoms with Crippen molar-refractivity contribution >= 4 is 32.5 Å². The van der Waals surface area contributed by atoms with E-state index < -0.39 is 31.2 Å². The van der Waals surface area contributed by atoms with Gasteiger partial charge in [-0.25, -0.2) is 18.4 Å². The van der Waals surface area contributed by atoms with Crippen LogP contribution in [-0.4, -0.2) is 33.4 Å². The summed E-state index contributed by atoms with van der Waals surface area (Å²) in [5, 5.41) is -0.879. The zero-order chi connectivity index (χ0) is 11.8. The molecule has 1 heterocycles. The van der Waals surface area contributed by atoms with E-state index in [1.807, 2.05) is 0 Å². The second-order valence-corrected chi connectivity index (χ2v) is 5.86. The Kier molecular flexibility index (Phi) is 3.44. The van der Waals surface area contributed by atoms with Gasteiger partial charge in [-0.05, 0) is 18.0 Å². The molecule has 0 aliphatic carbocycles. The second-order valence-electron chi connectivity index (χ2n) is 2.72. The first-order valence-corrected chi connectivity index (χ1v) is 6.91. The summed E-state index contributed by atoms with van der Waals surface area (Å²) in [6.07, 6.45) is 0.909. The van der Waals surface area contributed by atoms with E-state index >= 15 is 0 Å². The maximum Gasteiger partial charge on any atom is 0.248 e. The Hall–Kier alpha value is -0.570. The molecule has 84 valence electrons. The molecule has 6 nitrogen and oxygen atoms in total. The first-order chi connectivity index (χ1) is 6.73. The van der Waals surface area contributed by atoms with E-state index in [1.54, 1.807) is 0 Å². The molecule has 0 saturated heterocycles. The molecular formula is C6H6ClN2O4S2-. The van der Waals surface area contributed by atoms with Gasteiger partial charge in [0.05, 0.1) is 10.6 Å². The van der Waals surface area contributed by atoms with Gasteiger partial charge in [-0.15, -0.1) is 0 Å². The van der Waals surface area contributed by atoms with E-state index in [0.29, 0.717) is 0 Å². The van der Waals surface area contributed by atoms with Crippen LogP contribution in [0.25, 0.3) is 0 Å². The molecule has 0 spiro atoms. The summed E-state index contributed by atoms with van der Waals surface area (Å²) in [6.45, 7) is 1.34. The molecule has 1 unspecified atom stereocenters. The molecule has 0 bridgehead atoms. The van der Waals surface area contributed by atoms with Crippen LogP contribution in [0.15, 0.2) is 10.1 Å². The van der Waals surface area contributed by atoms with Crippen LogP contribution in [-0.2, 0) is 20.9 Å². The van der Waals surface area contributed by atoms with Crippen molar-refractivity contribution in [3.05, 3.63) is 10.8 Å². The van der Waals surface area contributed by atoms with E-state index in [0.717, 1.165) is 6.26 Å². The predicted octanol–water partition coefficient (Wildman–Crippen LogP) is 0.0799. The maximum atomic E-state index is 11.1. The van der Waals surface area contributed by atoms with Crippen molar-refractivity contribution in [1.82, 2.24) is 9.97 Å². The minimum absolute atomic E-state index is 0.00348. The number of halogens is 1. The topological polar surface area (TPSA) is 100 Å². The van der Waals surface area contributed by atoms with Crippen molar-refractivity contribution in [2.24, 2.45) is 0 Å². The monoisotopic (exact) mass is 269 g/mol. The molecule has 0 aliphatic heterocycles. The van der Waals surface area contributed by atoms with Crippen molar-refractivity contribution in [1.29, 1.82) is 0 Å². The molecule has 1 rings (SSSR count). The first-order valence-electron chi connectivity index (χ1n) is 3.57. The van der Waals surface area contributed by atoms with Crippen LogP contribution in [0.4, 0.5) is 0 Å². The summed E-state index contributed by atoms with van der Waals surface area (Å²) < 4.78 is 43.5. The van der Waals surface area contributed by atoms with Gasteiger partial charge in [-0.2, -0.15) is 0 Å². The lowest BCUT2D eigenvalue weighted by molar-refractivity contribution is 0.534. The SMILES string of the molecule is Cc1nc(S(C)(=O)=O)nc(Cl)c1S(=O)[O-]. The average Bonchev–Trinajstić information content (AvgIpc) is 1.99. The minimum atomic E-state index is -3.60. The number of hydrogen-bond acceptors (Lipinski definition) is 6. The Labute approximate surface area is 93.9 Å². The zero-order valence-corrected chi connectivity index (χ0v) is 10.1. The molecule has 1 aromatic heterocycles. The molecule has 0 amide bonds. The zero-order valence-electron chi connectivity index (χ0n) is 7.72. The summed E-state index contributed by atoms with van der Waals surface area (Å²) in [7, 11) is -3.60. The van der Waals surface area contributed by atoms with E-state index in [2.05, 4.69) is 9.97 Å². The van der Waals surface area contributed by atoms with Gasteiger partial charge < -0.3 is 4.55 Å². The van der Waals surface area contributed by atoms with Crippen LogP contribution < -0.4 is 0 Å². The fraction of sp³-hybridized carbons (Fsp3) is 0.333. The lowest BCUT2D eigenvalue weighted by atomic mass is 10.5. The highest BCUT2D eigenvalue weighted by Crippen LogP contribution is 2.20. The molecule has 0 N–H and O–H groups in total. The first kappa shape index (κ1) is 12.5. The van der Waals surface area contributed by atoms with Crippen LogP contribution in [0.1, 0.15) is 5.69 Å². The highest BCUT2D eigenvalue weighted by atomic mass is 35.5. The van der Waals surface area contributed by atoms with Crippen LogP contribution >= 0.6 is 11.6 Å². The van der Waals surface area contributed by atoms with Gasteiger partial charge in [0.25, 0.3) is 0 Å². The van der Waals surface area contributed by atoms with Gasteiger partial charge >= 0.3 is 0 Å². The van der Waals surface area contributed by atoms with Crippen molar-refractivity contribution in [3.8, 4) is 0 Å². The average molecular weight is 270 g/mol. The molecule has 0 aromatic carbocycles. The molecule has 15 heavy (non-hydrogen) atoms. The molecule has 1 atom stereocenters. The Morgan fingerprint density at radius 2 is 1.93 bits per heavy atom. The Bertz CT molecular complexity index is 505. The van der Waals surface area contributed by atoms with Gasteiger partial charge in [0.2, 0.25) is 15.0 Å². The van der Waals surface area contributed by atoms with Crippen molar-refractivity contribution < 1.29 is 17.2 Å². The van der Waals surface area contributed by atoms with E-state index in [4.69, 9.17) is 11.6 Å². The van der Waals surface area contributed by atoms with Crippen LogP contribution in [0.2, 0.25) is 5.15 Å². The van der Waals surface area contributed by atoms with E-state index in [-0.39, 0.29) is 10.6 Å². The third-order valence-electron chi connectivity index (χ3n) is 1.47. The van der Waals surface area contributed by atoms with E-state index in [1.165, 1.54) is 6.92 Å². The summed E-state index contributed by atoms with van der Waals surface area (Å²) in [5.74, 6) is 0. The largest absolute Gasteiger partial charge is 0.768 e. The number of aromatic nitrogens is 2. The fourth-order valence-corrected chi connectivity index (χ4v) is 2.34. The Morgan fingerprint density at radius 3 is 2.27 bits per heavy atom. The molecule has 1 aromatic rings. The number of nitrogens with zero attached hydrogens (tertiary/aromatic N) is 2. The quantitative estimate of drug-likeness (QED) is 0.428. The van der Waals surface area contributed by atoms with Gasteiger partial charge in [-0.3, -0.25) is 4.21 Å². The molecule has 9 heteroatoms. The Morgan fingerprint density at radius 1 is 1.40 bits per heavy atom. The smallest absolute Gasteiger partial charge is 0.248 e. The van der Waals surface area contributed by atoms with Gasteiger partial charge in [0.15, 0.2) is 0 Å². The Balaban J connectivity index is 3.52. The molecule has 0 saturated carbocycles. The standard InChI is InChI=1S/C6H7ClN2O4S2/c1-3-4(14(10)11)5(7)9-6(8-3)15(2,12)13/h1-2H3,(H,10,11)/p-1. The summed E-state index contributed by atoms with van der Waals surface area (Å²) in [5.41, 5.74) is 0.00348. The van der Waals surface area contributed by atoms with Gasteiger partial charge in [0.1, 0.15) is 5.15 Å². The third-order valence-corrected chi connectivity index (χ3v) is 3.52. The lowest BCUT2D eigenvalue weighted by Crippen LogP contribution is -2.09. The highest BCUT2D eigenvalue weighted by Gasteiger charge is 2.17. The number of aryl methyl sites for hydroxylation is 1. The minimum Gasteiger partial charge on any atom is -0.768 e. The lowest BCUT2D eigenvalue weighted by Gasteiger charge is -2.10. The maximum absolute atomic E-state index is 11.1. The van der Waals surface area contributed by atoms with Crippen LogP contribution in [0.5, 0.6) is 0 Å². The fourth-order valence-electron chi connectivity index (χ4n) is 0.858. The number of rotatable bonds is 2. The normalized spacial score (nSPS) is 13.9. The van der Waals surface area contributed by atoms with Gasteiger partial charge in [0, 0.05) is 6.26 Å². The van der Waals surface area contributed by atoms with E-state index in [9.17, 15) is 17.2 Å². The highest BCUT2D eigenvalue weighted by molar-refractivity contribution is 7.90. The number of hydrogen-bond donors (Lipinski definition) is 0. The molecular weight excluding hydrogens is 264 g/mol.